The highest BCUT2D eigenvalue weighted by Gasteiger charge is 2.16. The number of halogens is 1. The first-order chi connectivity index (χ1) is 9.31. The second kappa shape index (κ2) is 6.35. The first kappa shape index (κ1) is 13.5. The topological polar surface area (TPSA) is 36.4 Å². The second-order valence-electron chi connectivity index (χ2n) is 5.16. The molecule has 0 bridgehead atoms. The summed E-state index contributed by atoms with van der Waals surface area (Å²) >= 11 is 3.99. The van der Waals surface area contributed by atoms with Gasteiger partial charge in [0.2, 0.25) is 5.96 Å². The third-order valence-corrected chi connectivity index (χ3v) is 5.21. The molecule has 1 aromatic rings. The zero-order valence-electron chi connectivity index (χ0n) is 10.8. The molecule has 19 heavy (non-hydrogen) atoms. The molecule has 0 saturated heterocycles. The number of guanidine groups is 1. The number of anilines is 1. The quantitative estimate of drug-likeness (QED) is 0.589. The van der Waals surface area contributed by atoms with Crippen LogP contribution in [0.3, 0.4) is 0 Å². The number of hydrogen-bond donors (Lipinski definition) is 2. The third-order valence-electron chi connectivity index (χ3n) is 3.69. The van der Waals surface area contributed by atoms with Crippen LogP contribution in [-0.2, 0) is 0 Å². The van der Waals surface area contributed by atoms with Gasteiger partial charge in [0.15, 0.2) is 0 Å². The van der Waals surface area contributed by atoms with E-state index in [4.69, 9.17) is 4.99 Å². The summed E-state index contributed by atoms with van der Waals surface area (Å²) in [5, 5.41) is 3.38. The van der Waals surface area contributed by atoms with E-state index in [1.54, 1.807) is 11.9 Å². The SMILES string of the molecule is Ic1ccc2c(c1)SNC(=NCC1CCCCC1)N2. The lowest BCUT2D eigenvalue weighted by atomic mass is 9.89. The minimum absolute atomic E-state index is 0.785. The highest BCUT2D eigenvalue weighted by molar-refractivity contribution is 14.1. The fourth-order valence-electron chi connectivity index (χ4n) is 2.60. The van der Waals surface area contributed by atoms with Gasteiger partial charge >= 0.3 is 0 Å². The lowest BCUT2D eigenvalue weighted by molar-refractivity contribution is 0.367. The van der Waals surface area contributed by atoms with Gasteiger partial charge in [0.05, 0.1) is 10.6 Å². The number of rotatable bonds is 2. The van der Waals surface area contributed by atoms with Crippen molar-refractivity contribution < 1.29 is 0 Å². The summed E-state index contributed by atoms with van der Waals surface area (Å²) in [6.45, 7) is 0.954. The summed E-state index contributed by atoms with van der Waals surface area (Å²) in [7, 11) is 0. The zero-order valence-corrected chi connectivity index (χ0v) is 13.8. The molecule has 3 nitrogen and oxygen atoms in total. The van der Waals surface area contributed by atoms with E-state index in [9.17, 15) is 0 Å². The lowest BCUT2D eigenvalue weighted by Gasteiger charge is -2.23. The van der Waals surface area contributed by atoms with Crippen molar-refractivity contribution >= 4 is 46.2 Å². The Kier molecular flexibility index (Phi) is 4.53. The molecule has 2 N–H and O–H groups in total. The van der Waals surface area contributed by atoms with Crippen LogP contribution in [0.1, 0.15) is 32.1 Å². The Morgan fingerprint density at radius 1 is 1.26 bits per heavy atom. The van der Waals surface area contributed by atoms with E-state index in [2.05, 4.69) is 50.8 Å². The largest absolute Gasteiger partial charge is 0.325 e. The monoisotopic (exact) mass is 387 g/mol. The zero-order chi connectivity index (χ0) is 13.1. The first-order valence-corrected chi connectivity index (χ1v) is 8.75. The molecule has 1 aliphatic carbocycles. The average molecular weight is 387 g/mol. The van der Waals surface area contributed by atoms with Crippen molar-refractivity contribution in [2.75, 3.05) is 11.9 Å². The Balaban J connectivity index is 1.62. The van der Waals surface area contributed by atoms with Crippen LogP contribution < -0.4 is 10.0 Å². The van der Waals surface area contributed by atoms with Crippen molar-refractivity contribution in [3.05, 3.63) is 21.8 Å². The number of fused-ring (bicyclic) bond motifs is 1. The molecule has 1 aromatic carbocycles. The fraction of sp³-hybridized carbons (Fsp3) is 0.500. The Hall–Kier alpha value is -0.430. The molecule has 1 heterocycles. The maximum atomic E-state index is 4.70. The number of aliphatic imine (C=N–C) groups is 1. The minimum Gasteiger partial charge on any atom is -0.325 e. The van der Waals surface area contributed by atoms with Gasteiger partial charge in [-0.1, -0.05) is 19.3 Å². The number of nitrogens with one attached hydrogen (secondary N) is 2. The molecule has 0 radical (unpaired) electrons. The molecular formula is C14H18IN3S. The van der Waals surface area contributed by atoms with E-state index in [0.717, 1.165) is 24.1 Å². The van der Waals surface area contributed by atoms with Gasteiger partial charge in [-0.3, -0.25) is 9.71 Å². The summed E-state index contributed by atoms with van der Waals surface area (Å²) in [6.07, 6.45) is 6.86. The van der Waals surface area contributed by atoms with Crippen molar-refractivity contribution in [2.24, 2.45) is 10.9 Å². The van der Waals surface area contributed by atoms with E-state index in [0.29, 0.717) is 0 Å². The van der Waals surface area contributed by atoms with Gasteiger partial charge in [0.25, 0.3) is 0 Å². The van der Waals surface area contributed by atoms with Gasteiger partial charge in [0, 0.05) is 10.1 Å². The third kappa shape index (κ3) is 3.56. The average Bonchev–Trinajstić information content (AvgIpc) is 2.46. The van der Waals surface area contributed by atoms with Crippen LogP contribution in [0.15, 0.2) is 28.1 Å². The number of benzene rings is 1. The molecule has 0 unspecified atom stereocenters. The highest BCUT2D eigenvalue weighted by atomic mass is 127. The Morgan fingerprint density at radius 3 is 2.95 bits per heavy atom. The van der Waals surface area contributed by atoms with Crippen LogP contribution in [0.4, 0.5) is 5.69 Å². The van der Waals surface area contributed by atoms with Gasteiger partial charge in [-0.2, -0.15) is 0 Å². The molecule has 5 heteroatoms. The summed E-state index contributed by atoms with van der Waals surface area (Å²) < 4.78 is 4.55. The normalized spacial score (nSPS) is 21.6. The van der Waals surface area contributed by atoms with Gasteiger partial charge < -0.3 is 5.32 Å². The van der Waals surface area contributed by atoms with Gasteiger partial charge in [-0.15, -0.1) is 0 Å². The molecule has 0 aromatic heterocycles. The number of hydrogen-bond acceptors (Lipinski definition) is 2. The first-order valence-electron chi connectivity index (χ1n) is 6.85. The maximum Gasteiger partial charge on any atom is 0.206 e. The van der Waals surface area contributed by atoms with Gasteiger partial charge in [-0.05, 0) is 71.5 Å². The van der Waals surface area contributed by atoms with Crippen molar-refractivity contribution in [3.8, 4) is 0 Å². The summed E-state index contributed by atoms with van der Waals surface area (Å²) in [5.41, 5.74) is 1.16. The molecule has 0 amide bonds. The number of nitrogens with zero attached hydrogens (tertiary/aromatic N) is 1. The van der Waals surface area contributed by atoms with Crippen LogP contribution >= 0.6 is 34.5 Å². The summed E-state index contributed by atoms with van der Waals surface area (Å²) in [6, 6.07) is 6.43. The predicted molar refractivity (Wildman–Crippen MR) is 90.7 cm³/mol. The Bertz CT molecular complexity index is 484. The van der Waals surface area contributed by atoms with Crippen LogP contribution in [0, 0.1) is 9.49 Å². The van der Waals surface area contributed by atoms with Crippen LogP contribution in [0.2, 0.25) is 0 Å². The standard InChI is InChI=1S/C14H18IN3S/c15-11-6-7-12-13(8-11)19-18-14(17-12)16-9-10-4-2-1-3-5-10/h6-8,10H,1-5,9H2,(H2,16,17,18). The molecule has 1 fully saturated rings. The van der Waals surface area contributed by atoms with Crippen molar-refractivity contribution in [1.29, 1.82) is 0 Å². The maximum absolute atomic E-state index is 4.70. The van der Waals surface area contributed by atoms with E-state index in [1.807, 2.05) is 0 Å². The van der Waals surface area contributed by atoms with Gasteiger partial charge in [0.1, 0.15) is 0 Å². The van der Waals surface area contributed by atoms with E-state index < -0.39 is 0 Å². The van der Waals surface area contributed by atoms with Gasteiger partial charge in [-0.25, -0.2) is 0 Å². The molecule has 0 atom stereocenters. The molecule has 2 aliphatic rings. The smallest absolute Gasteiger partial charge is 0.206 e. The molecule has 102 valence electrons. The van der Waals surface area contributed by atoms with Crippen LogP contribution in [0.5, 0.6) is 0 Å². The molecule has 3 rings (SSSR count). The second-order valence-corrected chi connectivity index (χ2v) is 7.26. The summed E-state index contributed by atoms with van der Waals surface area (Å²) in [5.74, 6) is 1.69. The molecular weight excluding hydrogens is 369 g/mol. The minimum atomic E-state index is 0.785. The van der Waals surface area contributed by atoms with E-state index in [-0.39, 0.29) is 0 Å². The lowest BCUT2D eigenvalue weighted by Crippen LogP contribution is -2.30. The fourth-order valence-corrected chi connectivity index (χ4v) is 4.04. The Labute approximate surface area is 132 Å². The molecule has 0 spiro atoms. The van der Waals surface area contributed by atoms with E-state index in [1.165, 1.54) is 40.6 Å². The van der Waals surface area contributed by atoms with Crippen LogP contribution in [0.25, 0.3) is 0 Å². The molecule has 1 aliphatic heterocycles. The van der Waals surface area contributed by atoms with E-state index >= 15 is 0 Å². The van der Waals surface area contributed by atoms with Crippen LogP contribution in [-0.4, -0.2) is 12.5 Å². The predicted octanol–water partition coefficient (Wildman–Crippen LogP) is 4.25. The van der Waals surface area contributed by atoms with Crippen molar-refractivity contribution in [1.82, 2.24) is 4.72 Å². The van der Waals surface area contributed by atoms with Crippen molar-refractivity contribution in [3.63, 3.8) is 0 Å². The Morgan fingerprint density at radius 2 is 2.11 bits per heavy atom. The highest BCUT2D eigenvalue weighted by Crippen LogP contribution is 2.30. The summed E-state index contributed by atoms with van der Waals surface area (Å²) in [4.78, 5) is 5.94. The van der Waals surface area contributed by atoms with Crippen molar-refractivity contribution in [2.45, 2.75) is 37.0 Å². The molecule has 1 saturated carbocycles.